The van der Waals surface area contributed by atoms with Gasteiger partial charge in [-0.05, 0) is 28.8 Å². The van der Waals surface area contributed by atoms with Crippen molar-refractivity contribution in [1.29, 1.82) is 0 Å². The molecule has 1 saturated carbocycles. The largest absolute Gasteiger partial charge is 0.296 e. The minimum atomic E-state index is 0.553. The van der Waals surface area contributed by atoms with Gasteiger partial charge in [0.1, 0.15) is 9.48 Å². The van der Waals surface area contributed by atoms with Gasteiger partial charge in [-0.1, -0.05) is 0 Å². The molecule has 0 aliphatic heterocycles. The van der Waals surface area contributed by atoms with Crippen molar-refractivity contribution in [1.82, 2.24) is 4.98 Å². The molecule has 0 aromatic carbocycles. The number of aromatic nitrogens is 1. The number of aldehydes is 1. The van der Waals surface area contributed by atoms with Crippen LogP contribution in [0, 0.1) is 0 Å². The zero-order chi connectivity index (χ0) is 7.84. The third-order valence-electron chi connectivity index (χ3n) is 1.66. The van der Waals surface area contributed by atoms with E-state index in [4.69, 9.17) is 0 Å². The highest BCUT2D eigenvalue weighted by atomic mass is 79.9. The maximum absolute atomic E-state index is 10.4. The average molecular weight is 232 g/mol. The van der Waals surface area contributed by atoms with E-state index in [9.17, 15) is 4.79 Å². The van der Waals surface area contributed by atoms with Crippen molar-refractivity contribution >= 4 is 33.6 Å². The molecule has 1 aromatic heterocycles. The number of rotatable bonds is 2. The predicted octanol–water partition coefficient (Wildman–Crippen LogP) is 2.60. The van der Waals surface area contributed by atoms with Gasteiger partial charge in [0.2, 0.25) is 0 Å². The molecule has 0 unspecified atom stereocenters. The van der Waals surface area contributed by atoms with Gasteiger partial charge in [0.05, 0.1) is 5.01 Å². The van der Waals surface area contributed by atoms with E-state index in [0.29, 0.717) is 11.6 Å². The summed E-state index contributed by atoms with van der Waals surface area (Å²) in [4.78, 5) is 14.6. The maximum Gasteiger partial charge on any atom is 0.170 e. The van der Waals surface area contributed by atoms with Gasteiger partial charge in [-0.15, -0.1) is 11.3 Å². The topological polar surface area (TPSA) is 30.0 Å². The summed E-state index contributed by atoms with van der Waals surface area (Å²) < 4.78 is 0.870. The molecule has 0 spiro atoms. The molecule has 0 saturated heterocycles. The van der Waals surface area contributed by atoms with Crippen molar-refractivity contribution in [2.45, 2.75) is 18.8 Å². The van der Waals surface area contributed by atoms with Crippen LogP contribution in [-0.4, -0.2) is 11.3 Å². The molecule has 0 bridgehead atoms. The first-order chi connectivity index (χ1) is 5.31. The van der Waals surface area contributed by atoms with Gasteiger partial charge in [-0.2, -0.15) is 0 Å². The standard InChI is InChI=1S/C7H6BrNOS/c8-6-5(3-10)9-7(11-6)4-1-2-4/h3-4H,1-2H2. The Morgan fingerprint density at radius 1 is 1.64 bits per heavy atom. The number of carbonyl (C=O) groups is 1. The Bertz CT molecular complexity index is 293. The van der Waals surface area contributed by atoms with Crippen LogP contribution >= 0.6 is 27.3 Å². The van der Waals surface area contributed by atoms with Crippen LogP contribution in [-0.2, 0) is 0 Å². The van der Waals surface area contributed by atoms with Crippen LogP contribution in [0.3, 0.4) is 0 Å². The van der Waals surface area contributed by atoms with Crippen LogP contribution in [0.5, 0.6) is 0 Å². The molecule has 4 heteroatoms. The molecule has 2 rings (SSSR count). The van der Waals surface area contributed by atoms with Crippen molar-refractivity contribution < 1.29 is 4.79 Å². The lowest BCUT2D eigenvalue weighted by Gasteiger charge is -1.81. The van der Waals surface area contributed by atoms with Gasteiger partial charge in [0.25, 0.3) is 0 Å². The molecular formula is C7H6BrNOS. The lowest BCUT2D eigenvalue weighted by atomic mass is 10.4. The second-order valence-electron chi connectivity index (χ2n) is 2.60. The molecule has 0 atom stereocenters. The van der Waals surface area contributed by atoms with Gasteiger partial charge < -0.3 is 0 Å². The fourth-order valence-electron chi connectivity index (χ4n) is 0.907. The Labute approximate surface area is 76.8 Å². The zero-order valence-electron chi connectivity index (χ0n) is 5.71. The summed E-state index contributed by atoms with van der Waals surface area (Å²) in [6.45, 7) is 0. The summed E-state index contributed by atoms with van der Waals surface area (Å²) in [5.74, 6) is 0.644. The first-order valence-corrected chi connectivity index (χ1v) is 5.03. The summed E-state index contributed by atoms with van der Waals surface area (Å²) in [6, 6.07) is 0. The summed E-state index contributed by atoms with van der Waals surface area (Å²) in [7, 11) is 0. The minimum absolute atomic E-state index is 0.553. The molecule has 11 heavy (non-hydrogen) atoms. The zero-order valence-corrected chi connectivity index (χ0v) is 8.11. The Kier molecular flexibility index (Phi) is 1.81. The van der Waals surface area contributed by atoms with Crippen molar-refractivity contribution in [2.24, 2.45) is 0 Å². The predicted molar refractivity (Wildman–Crippen MR) is 47.2 cm³/mol. The van der Waals surface area contributed by atoms with Crippen LogP contribution in [0.1, 0.15) is 34.3 Å². The van der Waals surface area contributed by atoms with Crippen molar-refractivity contribution in [3.63, 3.8) is 0 Å². The second kappa shape index (κ2) is 2.68. The van der Waals surface area contributed by atoms with Crippen LogP contribution in [0.15, 0.2) is 3.79 Å². The number of nitrogens with zero attached hydrogens (tertiary/aromatic N) is 1. The number of halogens is 1. The van der Waals surface area contributed by atoms with Gasteiger partial charge in [-0.3, -0.25) is 4.79 Å². The maximum atomic E-state index is 10.4. The number of hydrogen-bond donors (Lipinski definition) is 0. The number of carbonyl (C=O) groups excluding carboxylic acids is 1. The number of thiazole rings is 1. The summed E-state index contributed by atoms with van der Waals surface area (Å²) in [6.07, 6.45) is 3.27. The molecule has 1 aliphatic rings. The molecule has 2 nitrogen and oxygen atoms in total. The summed E-state index contributed by atoms with van der Waals surface area (Å²) >= 11 is 4.88. The van der Waals surface area contributed by atoms with E-state index in [2.05, 4.69) is 20.9 Å². The van der Waals surface area contributed by atoms with Crippen LogP contribution < -0.4 is 0 Å². The average Bonchev–Trinajstić information content (AvgIpc) is 2.76. The molecule has 1 fully saturated rings. The molecular weight excluding hydrogens is 226 g/mol. The SMILES string of the molecule is O=Cc1nc(C2CC2)sc1Br. The van der Waals surface area contributed by atoms with Crippen molar-refractivity contribution in [2.75, 3.05) is 0 Å². The van der Waals surface area contributed by atoms with Crippen molar-refractivity contribution in [3.05, 3.63) is 14.5 Å². The fraction of sp³-hybridized carbons (Fsp3) is 0.429. The van der Waals surface area contributed by atoms with Crippen LogP contribution in [0.4, 0.5) is 0 Å². The number of hydrogen-bond acceptors (Lipinski definition) is 3. The third-order valence-corrected chi connectivity index (χ3v) is 3.58. The third kappa shape index (κ3) is 1.37. The van der Waals surface area contributed by atoms with Crippen LogP contribution in [0.25, 0.3) is 0 Å². The van der Waals surface area contributed by atoms with E-state index >= 15 is 0 Å². The quantitative estimate of drug-likeness (QED) is 0.733. The van der Waals surface area contributed by atoms with Gasteiger partial charge in [0.15, 0.2) is 6.29 Å². The lowest BCUT2D eigenvalue weighted by Crippen LogP contribution is -1.81. The highest BCUT2D eigenvalue weighted by molar-refractivity contribution is 9.11. The van der Waals surface area contributed by atoms with E-state index in [-0.39, 0.29) is 0 Å². The monoisotopic (exact) mass is 231 g/mol. The Hall–Kier alpha value is -0.220. The lowest BCUT2D eigenvalue weighted by molar-refractivity contribution is 0.111. The van der Waals surface area contributed by atoms with Gasteiger partial charge in [-0.25, -0.2) is 4.98 Å². The minimum Gasteiger partial charge on any atom is -0.296 e. The Morgan fingerprint density at radius 2 is 2.36 bits per heavy atom. The van der Waals surface area contributed by atoms with E-state index in [0.717, 1.165) is 15.1 Å². The van der Waals surface area contributed by atoms with Gasteiger partial charge >= 0.3 is 0 Å². The summed E-state index contributed by atoms with van der Waals surface area (Å²) in [5, 5.41) is 1.11. The molecule has 1 heterocycles. The van der Waals surface area contributed by atoms with Crippen LogP contribution in [0.2, 0.25) is 0 Å². The van der Waals surface area contributed by atoms with Crippen molar-refractivity contribution in [3.8, 4) is 0 Å². The second-order valence-corrected chi connectivity index (χ2v) is 4.95. The normalized spacial score (nSPS) is 16.8. The van der Waals surface area contributed by atoms with Gasteiger partial charge in [0, 0.05) is 5.92 Å². The first kappa shape index (κ1) is 7.43. The first-order valence-electron chi connectivity index (χ1n) is 3.42. The molecule has 0 N–H and O–H groups in total. The van der Waals surface area contributed by atoms with E-state index in [1.807, 2.05) is 0 Å². The van der Waals surface area contributed by atoms with E-state index in [1.54, 1.807) is 11.3 Å². The molecule has 58 valence electrons. The highest BCUT2D eigenvalue weighted by Gasteiger charge is 2.27. The van der Waals surface area contributed by atoms with E-state index in [1.165, 1.54) is 12.8 Å². The molecule has 1 aromatic rings. The molecule has 1 aliphatic carbocycles. The summed E-state index contributed by atoms with van der Waals surface area (Å²) in [5.41, 5.74) is 0.553. The Morgan fingerprint density at radius 3 is 2.82 bits per heavy atom. The van der Waals surface area contributed by atoms with E-state index < -0.39 is 0 Å². The fourth-order valence-corrected chi connectivity index (χ4v) is 2.52. The smallest absolute Gasteiger partial charge is 0.170 e. The highest BCUT2D eigenvalue weighted by Crippen LogP contribution is 2.43. The molecule has 0 amide bonds. The molecule has 0 radical (unpaired) electrons. The Balaban J connectivity index is 2.35.